The van der Waals surface area contributed by atoms with Gasteiger partial charge in [-0.2, -0.15) is 0 Å². The van der Waals surface area contributed by atoms with Crippen molar-refractivity contribution in [3.05, 3.63) is 48.8 Å². The second-order valence-electron chi connectivity index (χ2n) is 2.85. The van der Waals surface area contributed by atoms with Crippen LogP contribution >= 0.6 is 0 Å². The monoisotopic (exact) mass is 181 g/mol. The van der Waals surface area contributed by atoms with Gasteiger partial charge in [-0.3, -0.25) is 4.98 Å². The van der Waals surface area contributed by atoms with Gasteiger partial charge in [-0.15, -0.1) is 0 Å². The maximum Gasteiger partial charge on any atom is 0.374 e. The zero-order valence-electron chi connectivity index (χ0n) is 7.55. The lowest BCUT2D eigenvalue weighted by atomic mass is 10.1. The average molecular weight is 181 g/mol. The fourth-order valence-electron chi connectivity index (χ4n) is 1.34. The Bertz CT molecular complexity index is 417. The summed E-state index contributed by atoms with van der Waals surface area (Å²) < 4.78 is 4.78. The lowest BCUT2D eigenvalue weighted by molar-refractivity contribution is 0.618. The predicted molar refractivity (Wildman–Crippen MR) is 56.1 cm³/mol. The van der Waals surface area contributed by atoms with Crippen LogP contribution in [0.25, 0.3) is 11.1 Å². The first-order valence-electron chi connectivity index (χ1n) is 4.28. The van der Waals surface area contributed by atoms with Crippen LogP contribution in [0.2, 0.25) is 0 Å². The molecule has 0 saturated carbocycles. The van der Waals surface area contributed by atoms with Gasteiger partial charge in [0.15, 0.2) is 0 Å². The van der Waals surface area contributed by atoms with Crippen molar-refractivity contribution < 1.29 is 4.65 Å². The molecule has 14 heavy (non-hydrogen) atoms. The molecule has 0 N–H and O–H groups in total. The molecule has 3 heteroatoms. The highest BCUT2D eigenvalue weighted by Crippen LogP contribution is 2.28. The van der Waals surface area contributed by atoms with Gasteiger partial charge in [-0.1, -0.05) is 18.2 Å². The smallest absolute Gasteiger partial charge is 0.374 e. The average Bonchev–Trinajstić information content (AvgIpc) is 2.30. The van der Waals surface area contributed by atoms with Crippen LogP contribution in [0.4, 0.5) is 0 Å². The molecule has 1 heterocycles. The minimum absolute atomic E-state index is 0.665. The van der Waals surface area contributed by atoms with E-state index in [1.54, 1.807) is 12.4 Å². The van der Waals surface area contributed by atoms with E-state index in [-0.39, 0.29) is 0 Å². The first-order chi connectivity index (χ1) is 6.92. The number of benzene rings is 1. The third-order valence-corrected chi connectivity index (χ3v) is 2.01. The lowest BCUT2D eigenvalue weighted by Gasteiger charge is -2.07. The molecule has 66 valence electrons. The van der Waals surface area contributed by atoms with Gasteiger partial charge in [0, 0.05) is 18.0 Å². The van der Waals surface area contributed by atoms with Crippen LogP contribution in [0.1, 0.15) is 0 Å². The Morgan fingerprint density at radius 2 is 1.71 bits per heavy atom. The minimum atomic E-state index is 0.665. The van der Waals surface area contributed by atoms with E-state index in [2.05, 4.69) is 4.98 Å². The van der Waals surface area contributed by atoms with E-state index in [0.717, 1.165) is 11.1 Å². The van der Waals surface area contributed by atoms with E-state index in [1.807, 2.05) is 36.4 Å². The van der Waals surface area contributed by atoms with E-state index in [4.69, 9.17) is 12.7 Å². The number of hydrogen-bond acceptors (Lipinski definition) is 2. The number of pyridine rings is 1. The van der Waals surface area contributed by atoms with Gasteiger partial charge in [0.25, 0.3) is 0 Å². The number of para-hydroxylation sites is 1. The van der Waals surface area contributed by atoms with Gasteiger partial charge in [-0.25, -0.2) is 0 Å². The van der Waals surface area contributed by atoms with Gasteiger partial charge in [0.1, 0.15) is 5.75 Å². The summed E-state index contributed by atoms with van der Waals surface area (Å²) >= 11 is 0. The number of nitrogens with zero attached hydrogens (tertiary/aromatic N) is 1. The molecule has 0 aliphatic rings. The van der Waals surface area contributed by atoms with Gasteiger partial charge in [0.05, 0.1) is 0 Å². The first kappa shape index (κ1) is 8.82. The van der Waals surface area contributed by atoms with Crippen molar-refractivity contribution in [1.82, 2.24) is 4.98 Å². The van der Waals surface area contributed by atoms with Crippen LogP contribution in [0.3, 0.4) is 0 Å². The molecule has 0 saturated heterocycles. The molecule has 2 nitrogen and oxygen atoms in total. The van der Waals surface area contributed by atoms with Crippen molar-refractivity contribution in [3.8, 4) is 16.9 Å². The third kappa shape index (κ3) is 1.62. The van der Waals surface area contributed by atoms with Crippen LogP contribution in [0.5, 0.6) is 5.75 Å². The second-order valence-corrected chi connectivity index (χ2v) is 2.85. The van der Waals surface area contributed by atoms with Gasteiger partial charge < -0.3 is 4.65 Å². The molecule has 0 fully saturated rings. The van der Waals surface area contributed by atoms with Crippen molar-refractivity contribution in [1.29, 1.82) is 0 Å². The third-order valence-electron chi connectivity index (χ3n) is 2.01. The Morgan fingerprint density at radius 3 is 2.43 bits per heavy atom. The summed E-state index contributed by atoms with van der Waals surface area (Å²) in [5.41, 5.74) is 2.01. The SMILES string of the molecule is [B]Oc1ccccc1-c1ccncc1. The molecule has 0 aliphatic carbocycles. The van der Waals surface area contributed by atoms with Crippen molar-refractivity contribution in [3.63, 3.8) is 0 Å². The largest absolute Gasteiger partial charge is 0.567 e. The Hall–Kier alpha value is -1.77. The van der Waals surface area contributed by atoms with Gasteiger partial charge in [0.2, 0.25) is 0 Å². The van der Waals surface area contributed by atoms with Crippen LogP contribution < -0.4 is 4.65 Å². The highest BCUT2D eigenvalue weighted by molar-refractivity contribution is 6.00. The summed E-state index contributed by atoms with van der Waals surface area (Å²) in [5.74, 6) is 0.665. The van der Waals surface area contributed by atoms with E-state index in [0.29, 0.717) is 5.75 Å². The molecule has 0 amide bonds. The van der Waals surface area contributed by atoms with E-state index in [1.165, 1.54) is 0 Å². The Kier molecular flexibility index (Phi) is 2.50. The molecule has 1 aromatic heterocycles. The van der Waals surface area contributed by atoms with E-state index in [9.17, 15) is 0 Å². The van der Waals surface area contributed by atoms with Crippen LogP contribution in [0, 0.1) is 0 Å². The van der Waals surface area contributed by atoms with E-state index < -0.39 is 0 Å². The summed E-state index contributed by atoms with van der Waals surface area (Å²) in [4.78, 5) is 3.95. The standard InChI is InChI=1S/C11H8BNO/c12-14-11-4-2-1-3-10(11)9-5-7-13-8-6-9/h1-8H. The zero-order valence-corrected chi connectivity index (χ0v) is 7.55. The maximum atomic E-state index is 5.17. The molecular formula is C11H8BNO. The number of aromatic nitrogens is 1. The van der Waals surface area contributed by atoms with Crippen molar-refractivity contribution in [2.75, 3.05) is 0 Å². The van der Waals surface area contributed by atoms with Crippen LogP contribution in [0.15, 0.2) is 48.8 Å². The number of rotatable bonds is 2. The highest BCUT2D eigenvalue weighted by atomic mass is 16.4. The van der Waals surface area contributed by atoms with Gasteiger partial charge >= 0.3 is 8.05 Å². The lowest BCUT2D eigenvalue weighted by Crippen LogP contribution is -1.88. The molecular weight excluding hydrogens is 173 g/mol. The van der Waals surface area contributed by atoms with Crippen molar-refractivity contribution in [2.45, 2.75) is 0 Å². The Balaban J connectivity index is 2.51. The summed E-state index contributed by atoms with van der Waals surface area (Å²) in [6, 6.07) is 11.4. The molecule has 2 rings (SSSR count). The first-order valence-corrected chi connectivity index (χ1v) is 4.28. The second kappa shape index (κ2) is 3.96. The fourth-order valence-corrected chi connectivity index (χ4v) is 1.34. The molecule has 0 spiro atoms. The molecule has 0 unspecified atom stereocenters. The van der Waals surface area contributed by atoms with Crippen LogP contribution in [-0.2, 0) is 0 Å². The van der Waals surface area contributed by atoms with Crippen molar-refractivity contribution in [2.24, 2.45) is 0 Å². The normalized spacial score (nSPS) is 9.71. The van der Waals surface area contributed by atoms with Gasteiger partial charge in [-0.05, 0) is 23.8 Å². The molecule has 1 aromatic carbocycles. The predicted octanol–water partition coefficient (Wildman–Crippen LogP) is 2.21. The summed E-state index contributed by atoms with van der Waals surface area (Å²) in [6.07, 6.45) is 3.48. The summed E-state index contributed by atoms with van der Waals surface area (Å²) in [7, 11) is 5.17. The summed E-state index contributed by atoms with van der Waals surface area (Å²) in [5, 5.41) is 0. The fraction of sp³-hybridized carbons (Fsp3) is 0. The zero-order chi connectivity index (χ0) is 9.80. The van der Waals surface area contributed by atoms with Crippen molar-refractivity contribution >= 4 is 8.05 Å². The molecule has 2 radical (unpaired) electrons. The van der Waals surface area contributed by atoms with E-state index >= 15 is 0 Å². The Labute approximate surface area is 84.0 Å². The quantitative estimate of drug-likeness (QED) is 0.662. The topological polar surface area (TPSA) is 22.1 Å². The minimum Gasteiger partial charge on any atom is -0.567 e. The molecule has 0 atom stereocenters. The summed E-state index contributed by atoms with van der Waals surface area (Å²) in [6.45, 7) is 0. The maximum absolute atomic E-state index is 5.17. The Morgan fingerprint density at radius 1 is 1.00 bits per heavy atom. The van der Waals surface area contributed by atoms with Crippen LogP contribution in [-0.4, -0.2) is 13.0 Å². The number of hydrogen-bond donors (Lipinski definition) is 0. The highest BCUT2D eigenvalue weighted by Gasteiger charge is 2.02. The molecule has 0 aliphatic heterocycles. The molecule has 0 bridgehead atoms. The molecule has 2 aromatic rings.